The summed E-state index contributed by atoms with van der Waals surface area (Å²) in [6.07, 6.45) is 0.744. The molecular formula is C19H21BrN2O4S. The lowest BCUT2D eigenvalue weighted by Gasteiger charge is -2.30. The van der Waals surface area contributed by atoms with E-state index in [1.807, 2.05) is 18.2 Å². The summed E-state index contributed by atoms with van der Waals surface area (Å²) in [4.78, 5) is 14.5. The van der Waals surface area contributed by atoms with Crippen LogP contribution >= 0.6 is 15.9 Å². The van der Waals surface area contributed by atoms with Gasteiger partial charge in [0.2, 0.25) is 15.9 Å². The third-order valence-corrected chi connectivity index (χ3v) is 7.00. The van der Waals surface area contributed by atoms with Crippen molar-refractivity contribution in [3.8, 4) is 5.75 Å². The third-order valence-electron chi connectivity index (χ3n) is 4.66. The van der Waals surface area contributed by atoms with Gasteiger partial charge in [-0.1, -0.05) is 22.0 Å². The molecule has 1 aliphatic heterocycles. The minimum absolute atomic E-state index is 0.162. The minimum atomic E-state index is -3.72. The summed E-state index contributed by atoms with van der Waals surface area (Å²) in [6.45, 7) is 0.833. The number of amides is 1. The topological polar surface area (TPSA) is 66.9 Å². The SMILES string of the molecule is COc1ccc2c(c1)CN(C(=O)CN(C)S(=O)(=O)c1ccc(Br)cc1)CC2. The second kappa shape index (κ2) is 8.00. The molecule has 144 valence electrons. The van der Waals surface area contributed by atoms with E-state index in [1.165, 1.54) is 24.7 Å². The molecule has 6 nitrogen and oxygen atoms in total. The average molecular weight is 453 g/mol. The molecule has 8 heteroatoms. The number of carbonyl (C=O) groups is 1. The van der Waals surface area contributed by atoms with E-state index in [2.05, 4.69) is 15.9 Å². The first kappa shape index (κ1) is 19.9. The standard InChI is InChI=1S/C19H21BrN2O4S/c1-21(27(24,25)18-7-4-16(20)5-8-18)13-19(23)22-10-9-14-3-6-17(26-2)11-15(14)12-22/h3-8,11H,9-10,12-13H2,1-2H3. The fourth-order valence-electron chi connectivity index (χ4n) is 3.04. The molecule has 0 bridgehead atoms. The maximum Gasteiger partial charge on any atom is 0.243 e. The monoisotopic (exact) mass is 452 g/mol. The van der Waals surface area contributed by atoms with E-state index < -0.39 is 10.0 Å². The van der Waals surface area contributed by atoms with Gasteiger partial charge < -0.3 is 9.64 Å². The zero-order chi connectivity index (χ0) is 19.6. The molecule has 2 aromatic rings. The normalized spacial score (nSPS) is 14.1. The summed E-state index contributed by atoms with van der Waals surface area (Å²) in [5.74, 6) is 0.532. The number of halogens is 1. The van der Waals surface area contributed by atoms with Gasteiger partial charge in [-0.2, -0.15) is 4.31 Å². The van der Waals surface area contributed by atoms with Crippen LogP contribution in [0.1, 0.15) is 11.1 Å². The Morgan fingerprint density at radius 2 is 1.89 bits per heavy atom. The molecule has 0 radical (unpaired) electrons. The van der Waals surface area contributed by atoms with Crippen LogP contribution in [0, 0.1) is 0 Å². The maximum atomic E-state index is 12.7. The highest BCUT2D eigenvalue weighted by molar-refractivity contribution is 9.10. The molecule has 0 N–H and O–H groups in total. The fraction of sp³-hybridized carbons (Fsp3) is 0.316. The van der Waals surface area contributed by atoms with E-state index in [0.717, 1.165) is 26.5 Å². The number of hydrogen-bond donors (Lipinski definition) is 0. The lowest BCUT2D eigenvalue weighted by molar-refractivity contribution is -0.132. The number of nitrogens with zero attached hydrogens (tertiary/aromatic N) is 2. The minimum Gasteiger partial charge on any atom is -0.497 e. The summed E-state index contributed by atoms with van der Waals surface area (Å²) in [7, 11) is -0.682. The van der Waals surface area contributed by atoms with Crippen LogP contribution in [0.25, 0.3) is 0 Å². The van der Waals surface area contributed by atoms with Crippen molar-refractivity contribution in [1.82, 2.24) is 9.21 Å². The average Bonchev–Trinajstić information content (AvgIpc) is 2.67. The van der Waals surface area contributed by atoms with Crippen LogP contribution in [0.15, 0.2) is 51.8 Å². The fourth-order valence-corrected chi connectivity index (χ4v) is 4.42. The number of hydrogen-bond acceptors (Lipinski definition) is 4. The summed E-state index contributed by atoms with van der Waals surface area (Å²) >= 11 is 3.29. The molecule has 0 unspecified atom stereocenters. The molecule has 0 aliphatic carbocycles. The van der Waals surface area contributed by atoms with Crippen LogP contribution in [0.2, 0.25) is 0 Å². The summed E-state index contributed by atoms with van der Waals surface area (Å²) < 4.78 is 32.5. The van der Waals surface area contributed by atoms with Gasteiger partial charge >= 0.3 is 0 Å². The highest BCUT2D eigenvalue weighted by Gasteiger charge is 2.27. The number of rotatable bonds is 5. The smallest absolute Gasteiger partial charge is 0.243 e. The van der Waals surface area contributed by atoms with Gasteiger partial charge in [-0.15, -0.1) is 0 Å². The highest BCUT2D eigenvalue weighted by atomic mass is 79.9. The molecule has 27 heavy (non-hydrogen) atoms. The molecular weight excluding hydrogens is 432 g/mol. The second-order valence-corrected chi connectivity index (χ2v) is 9.38. The Morgan fingerprint density at radius 1 is 1.19 bits per heavy atom. The van der Waals surface area contributed by atoms with Crippen LogP contribution in [0.4, 0.5) is 0 Å². The number of carbonyl (C=O) groups excluding carboxylic acids is 1. The van der Waals surface area contributed by atoms with Crippen LogP contribution in [0.3, 0.4) is 0 Å². The molecule has 1 heterocycles. The first-order valence-electron chi connectivity index (χ1n) is 8.47. The van der Waals surface area contributed by atoms with Crippen molar-refractivity contribution in [1.29, 1.82) is 0 Å². The van der Waals surface area contributed by atoms with E-state index in [-0.39, 0.29) is 17.3 Å². The molecule has 1 amide bonds. The number of benzene rings is 2. The Bertz CT molecular complexity index is 945. The second-order valence-electron chi connectivity index (χ2n) is 6.41. The van der Waals surface area contributed by atoms with Gasteiger partial charge in [-0.3, -0.25) is 4.79 Å². The Hall–Kier alpha value is -1.90. The Labute approximate surface area is 167 Å². The van der Waals surface area contributed by atoms with E-state index in [9.17, 15) is 13.2 Å². The van der Waals surface area contributed by atoms with Crippen LogP contribution in [-0.4, -0.2) is 50.8 Å². The van der Waals surface area contributed by atoms with Crippen molar-refractivity contribution in [3.05, 3.63) is 58.1 Å². The van der Waals surface area contributed by atoms with Gasteiger partial charge in [0.25, 0.3) is 0 Å². The summed E-state index contributed by atoms with van der Waals surface area (Å²) in [6, 6.07) is 12.2. The predicted molar refractivity (Wildman–Crippen MR) is 106 cm³/mol. The number of methoxy groups -OCH3 is 1. The predicted octanol–water partition coefficient (Wildman–Crippen LogP) is 2.66. The van der Waals surface area contributed by atoms with Gasteiger partial charge in [0, 0.05) is 24.6 Å². The number of likely N-dealkylation sites (N-methyl/N-ethyl adjacent to an activating group) is 1. The Kier molecular flexibility index (Phi) is 5.88. The third kappa shape index (κ3) is 4.34. The first-order valence-corrected chi connectivity index (χ1v) is 10.7. The molecule has 0 atom stereocenters. The van der Waals surface area contributed by atoms with Gasteiger partial charge in [0.15, 0.2) is 0 Å². The summed E-state index contributed by atoms with van der Waals surface area (Å²) in [5, 5.41) is 0. The van der Waals surface area contributed by atoms with Crippen molar-refractivity contribution in [2.45, 2.75) is 17.9 Å². The van der Waals surface area contributed by atoms with Crippen LogP contribution in [-0.2, 0) is 27.8 Å². The van der Waals surface area contributed by atoms with Gasteiger partial charge in [0.1, 0.15) is 5.75 Å². The van der Waals surface area contributed by atoms with E-state index >= 15 is 0 Å². The lowest BCUT2D eigenvalue weighted by atomic mass is 9.99. The molecule has 0 aromatic heterocycles. The molecule has 0 saturated heterocycles. The molecule has 0 fully saturated rings. The summed E-state index contributed by atoms with van der Waals surface area (Å²) in [5.41, 5.74) is 2.23. The van der Waals surface area contributed by atoms with E-state index in [1.54, 1.807) is 24.1 Å². The lowest BCUT2D eigenvalue weighted by Crippen LogP contribution is -2.43. The van der Waals surface area contributed by atoms with Crippen molar-refractivity contribution in [3.63, 3.8) is 0 Å². The molecule has 3 rings (SSSR count). The van der Waals surface area contributed by atoms with Gasteiger partial charge in [0.05, 0.1) is 18.6 Å². The molecule has 2 aromatic carbocycles. The Morgan fingerprint density at radius 3 is 2.56 bits per heavy atom. The van der Waals surface area contributed by atoms with E-state index in [0.29, 0.717) is 13.1 Å². The van der Waals surface area contributed by atoms with Gasteiger partial charge in [-0.05, 0) is 53.9 Å². The zero-order valence-corrected chi connectivity index (χ0v) is 17.6. The highest BCUT2D eigenvalue weighted by Crippen LogP contribution is 2.24. The van der Waals surface area contributed by atoms with Gasteiger partial charge in [-0.25, -0.2) is 8.42 Å². The number of ether oxygens (including phenoxy) is 1. The number of fused-ring (bicyclic) bond motifs is 1. The largest absolute Gasteiger partial charge is 0.497 e. The maximum absolute atomic E-state index is 12.7. The molecule has 1 aliphatic rings. The van der Waals surface area contributed by atoms with Crippen LogP contribution in [0.5, 0.6) is 5.75 Å². The van der Waals surface area contributed by atoms with Crippen molar-refractivity contribution >= 4 is 31.9 Å². The van der Waals surface area contributed by atoms with E-state index in [4.69, 9.17) is 4.74 Å². The number of sulfonamides is 1. The Balaban J connectivity index is 1.70. The molecule has 0 saturated carbocycles. The zero-order valence-electron chi connectivity index (χ0n) is 15.2. The quantitative estimate of drug-likeness (QED) is 0.699. The molecule has 0 spiro atoms. The van der Waals surface area contributed by atoms with Crippen molar-refractivity contribution in [2.75, 3.05) is 27.2 Å². The van der Waals surface area contributed by atoms with Crippen LogP contribution < -0.4 is 4.74 Å². The first-order chi connectivity index (χ1) is 12.8. The van der Waals surface area contributed by atoms with Crippen molar-refractivity contribution < 1.29 is 17.9 Å². The van der Waals surface area contributed by atoms with Crippen molar-refractivity contribution in [2.24, 2.45) is 0 Å².